The SMILES string of the molecule is IC1=CC2=c3ccc(-c4ccccc4)cc3=CCC2C=C1. The third kappa shape index (κ3) is 2.40. The predicted molar refractivity (Wildman–Crippen MR) is 98.4 cm³/mol. The van der Waals surface area contributed by atoms with E-state index in [1.165, 1.54) is 30.7 Å². The van der Waals surface area contributed by atoms with Gasteiger partial charge in [0.1, 0.15) is 0 Å². The molecule has 2 aliphatic carbocycles. The van der Waals surface area contributed by atoms with Crippen LogP contribution in [0.5, 0.6) is 0 Å². The van der Waals surface area contributed by atoms with Crippen LogP contribution in [-0.2, 0) is 0 Å². The highest BCUT2D eigenvalue weighted by molar-refractivity contribution is 14.1. The lowest BCUT2D eigenvalue weighted by Crippen LogP contribution is -2.32. The molecule has 0 saturated heterocycles. The second kappa shape index (κ2) is 5.30. The van der Waals surface area contributed by atoms with Gasteiger partial charge >= 0.3 is 0 Å². The number of benzene rings is 2. The Bertz CT molecular complexity index is 870. The third-order valence-corrected chi connectivity index (χ3v) is 4.91. The molecule has 4 rings (SSSR count). The summed E-state index contributed by atoms with van der Waals surface area (Å²) in [5.74, 6) is 0.554. The van der Waals surface area contributed by atoms with Crippen molar-refractivity contribution in [3.63, 3.8) is 0 Å². The number of rotatable bonds is 1. The molecular formula is C20H15I. The Hall–Kier alpha value is -1.61. The standard InChI is InChI=1S/C20H15I/c21-18-10-8-15-6-7-17-12-16(14-4-2-1-3-5-14)9-11-19(17)20(15)13-18/h1-5,7-13,15H,6H2. The molecule has 0 N–H and O–H groups in total. The van der Waals surface area contributed by atoms with Gasteiger partial charge in [0, 0.05) is 9.50 Å². The molecule has 0 aromatic heterocycles. The van der Waals surface area contributed by atoms with Gasteiger partial charge in [-0.25, -0.2) is 0 Å². The Morgan fingerprint density at radius 2 is 1.81 bits per heavy atom. The average Bonchev–Trinajstić information content (AvgIpc) is 2.55. The van der Waals surface area contributed by atoms with Gasteiger partial charge in [0.05, 0.1) is 0 Å². The second-order valence-corrected chi connectivity index (χ2v) is 6.80. The molecule has 0 saturated carbocycles. The van der Waals surface area contributed by atoms with Gasteiger partial charge in [0.15, 0.2) is 0 Å². The molecule has 0 radical (unpaired) electrons. The molecule has 0 amide bonds. The minimum Gasteiger partial charge on any atom is -0.0757 e. The van der Waals surface area contributed by atoms with Crippen LogP contribution in [-0.4, -0.2) is 0 Å². The maximum Gasteiger partial charge on any atom is 0.0130 e. The Balaban J connectivity index is 1.92. The summed E-state index contributed by atoms with van der Waals surface area (Å²) < 4.78 is 1.32. The summed E-state index contributed by atoms with van der Waals surface area (Å²) in [5.41, 5.74) is 4.06. The molecule has 0 aliphatic heterocycles. The molecule has 102 valence electrons. The van der Waals surface area contributed by atoms with Crippen molar-refractivity contribution in [1.29, 1.82) is 0 Å². The molecule has 0 bridgehead atoms. The first-order valence-corrected chi connectivity index (χ1v) is 8.34. The van der Waals surface area contributed by atoms with E-state index < -0.39 is 0 Å². The van der Waals surface area contributed by atoms with E-state index >= 15 is 0 Å². The van der Waals surface area contributed by atoms with Crippen molar-refractivity contribution in [3.8, 4) is 11.1 Å². The van der Waals surface area contributed by atoms with E-state index in [4.69, 9.17) is 0 Å². The van der Waals surface area contributed by atoms with Crippen molar-refractivity contribution < 1.29 is 0 Å². The van der Waals surface area contributed by atoms with Gasteiger partial charge in [0.25, 0.3) is 0 Å². The van der Waals surface area contributed by atoms with Gasteiger partial charge < -0.3 is 0 Å². The van der Waals surface area contributed by atoms with Crippen LogP contribution in [0.1, 0.15) is 6.42 Å². The molecule has 21 heavy (non-hydrogen) atoms. The van der Waals surface area contributed by atoms with Crippen LogP contribution < -0.4 is 10.4 Å². The summed E-state index contributed by atoms with van der Waals surface area (Å²) in [6.45, 7) is 0. The van der Waals surface area contributed by atoms with E-state index in [1.54, 1.807) is 0 Å². The summed E-state index contributed by atoms with van der Waals surface area (Å²) in [6.07, 6.45) is 10.4. The van der Waals surface area contributed by atoms with Crippen molar-refractivity contribution in [1.82, 2.24) is 0 Å². The lowest BCUT2D eigenvalue weighted by atomic mass is 9.85. The molecule has 0 nitrogen and oxygen atoms in total. The van der Waals surface area contributed by atoms with Gasteiger partial charge in [-0.3, -0.25) is 0 Å². The molecular weight excluding hydrogens is 367 g/mol. The molecule has 2 aliphatic rings. The highest BCUT2D eigenvalue weighted by atomic mass is 127. The van der Waals surface area contributed by atoms with Crippen molar-refractivity contribution in [2.24, 2.45) is 5.92 Å². The number of fused-ring (bicyclic) bond motifs is 2. The van der Waals surface area contributed by atoms with E-state index in [9.17, 15) is 0 Å². The molecule has 2 aromatic carbocycles. The minimum absolute atomic E-state index is 0.554. The predicted octanol–water partition coefficient (Wildman–Crippen LogP) is 4.19. The van der Waals surface area contributed by atoms with Gasteiger partial charge in [0.2, 0.25) is 0 Å². The topological polar surface area (TPSA) is 0 Å². The van der Waals surface area contributed by atoms with Crippen LogP contribution in [0.25, 0.3) is 22.8 Å². The van der Waals surface area contributed by atoms with E-state index in [0.717, 1.165) is 6.42 Å². The number of hydrogen-bond donors (Lipinski definition) is 0. The van der Waals surface area contributed by atoms with Crippen LogP contribution >= 0.6 is 22.6 Å². The van der Waals surface area contributed by atoms with E-state index in [0.29, 0.717) is 5.92 Å². The van der Waals surface area contributed by atoms with Gasteiger partial charge in [-0.15, -0.1) is 0 Å². The first-order valence-electron chi connectivity index (χ1n) is 7.26. The highest BCUT2D eigenvalue weighted by Gasteiger charge is 2.16. The molecule has 1 heteroatoms. The zero-order valence-corrected chi connectivity index (χ0v) is 13.7. The van der Waals surface area contributed by atoms with Gasteiger partial charge in [-0.1, -0.05) is 60.7 Å². The fraction of sp³-hybridized carbons (Fsp3) is 0.100. The van der Waals surface area contributed by atoms with Crippen molar-refractivity contribution >= 4 is 34.2 Å². The molecule has 0 fully saturated rings. The smallest absolute Gasteiger partial charge is 0.0130 e. The van der Waals surface area contributed by atoms with Crippen LogP contribution in [0, 0.1) is 5.92 Å². The lowest BCUT2D eigenvalue weighted by Gasteiger charge is -2.20. The Labute approximate surface area is 138 Å². The molecule has 0 heterocycles. The summed E-state index contributed by atoms with van der Waals surface area (Å²) in [6, 6.07) is 17.5. The minimum atomic E-state index is 0.554. The number of allylic oxidation sites excluding steroid dienone is 4. The summed E-state index contributed by atoms with van der Waals surface area (Å²) >= 11 is 2.40. The first kappa shape index (κ1) is 13.1. The quantitative estimate of drug-likeness (QED) is 0.649. The molecule has 1 atom stereocenters. The molecule has 1 unspecified atom stereocenters. The van der Waals surface area contributed by atoms with Gasteiger partial charge in [-0.2, -0.15) is 0 Å². The van der Waals surface area contributed by atoms with Crippen molar-refractivity contribution in [3.05, 3.63) is 80.8 Å². The largest absolute Gasteiger partial charge is 0.0757 e. The third-order valence-electron chi connectivity index (χ3n) is 4.24. The maximum atomic E-state index is 2.40. The van der Waals surface area contributed by atoms with Gasteiger partial charge in [-0.05, 0) is 68.3 Å². The van der Waals surface area contributed by atoms with E-state index in [2.05, 4.69) is 95.4 Å². The van der Waals surface area contributed by atoms with Crippen LogP contribution in [0.3, 0.4) is 0 Å². The first-order chi connectivity index (χ1) is 10.3. The Morgan fingerprint density at radius 1 is 0.952 bits per heavy atom. The summed E-state index contributed by atoms with van der Waals surface area (Å²) in [7, 11) is 0. The summed E-state index contributed by atoms with van der Waals surface area (Å²) in [4.78, 5) is 0. The van der Waals surface area contributed by atoms with Crippen LogP contribution in [0.2, 0.25) is 0 Å². The number of halogens is 1. The molecule has 0 spiro atoms. The average molecular weight is 382 g/mol. The van der Waals surface area contributed by atoms with Crippen LogP contribution in [0.4, 0.5) is 0 Å². The lowest BCUT2D eigenvalue weighted by molar-refractivity contribution is 0.863. The fourth-order valence-corrected chi connectivity index (χ4v) is 3.70. The van der Waals surface area contributed by atoms with Crippen molar-refractivity contribution in [2.75, 3.05) is 0 Å². The number of hydrogen-bond acceptors (Lipinski definition) is 0. The monoisotopic (exact) mass is 382 g/mol. The summed E-state index contributed by atoms with van der Waals surface area (Å²) in [5, 5.41) is 2.77. The second-order valence-electron chi connectivity index (χ2n) is 5.56. The Kier molecular flexibility index (Phi) is 3.30. The van der Waals surface area contributed by atoms with E-state index in [1.807, 2.05) is 0 Å². The van der Waals surface area contributed by atoms with E-state index in [-0.39, 0.29) is 0 Å². The Morgan fingerprint density at radius 3 is 2.67 bits per heavy atom. The van der Waals surface area contributed by atoms with Crippen LogP contribution in [0.15, 0.2) is 70.3 Å². The highest BCUT2D eigenvalue weighted by Crippen LogP contribution is 2.29. The fourth-order valence-electron chi connectivity index (χ4n) is 3.16. The normalized spacial score (nSPS) is 19.4. The zero-order chi connectivity index (χ0) is 14.2. The van der Waals surface area contributed by atoms with Crippen molar-refractivity contribution in [2.45, 2.75) is 6.42 Å². The zero-order valence-electron chi connectivity index (χ0n) is 11.6. The maximum absolute atomic E-state index is 2.40. The molecule has 2 aromatic rings.